The van der Waals surface area contributed by atoms with Gasteiger partial charge in [-0.25, -0.2) is 4.79 Å². The van der Waals surface area contributed by atoms with Crippen LogP contribution in [0.15, 0.2) is 30.3 Å². The van der Waals surface area contributed by atoms with Crippen LogP contribution >= 0.6 is 0 Å². The van der Waals surface area contributed by atoms with E-state index in [2.05, 4.69) is 6.92 Å². The first-order valence-corrected chi connectivity index (χ1v) is 4.40. The van der Waals surface area contributed by atoms with Crippen LogP contribution in [0.5, 0.6) is 0 Å². The Morgan fingerprint density at radius 1 is 1.43 bits per heavy atom. The zero-order chi connectivity index (χ0) is 10.4. The molecule has 0 aromatic heterocycles. The van der Waals surface area contributed by atoms with Crippen molar-refractivity contribution in [2.75, 3.05) is 13.2 Å². The van der Waals surface area contributed by atoms with Crippen molar-refractivity contribution in [1.82, 2.24) is 0 Å². The minimum absolute atomic E-state index is 0.0813. The van der Waals surface area contributed by atoms with Crippen LogP contribution in [-0.2, 0) is 4.74 Å². The SMILES string of the molecule is [CH2]C(CO)COC(=O)c1ccccc1. The number of benzene rings is 1. The summed E-state index contributed by atoms with van der Waals surface area (Å²) < 4.78 is 4.92. The minimum Gasteiger partial charge on any atom is -0.462 e. The monoisotopic (exact) mass is 193 g/mol. The molecular formula is C11H13O3. The summed E-state index contributed by atoms with van der Waals surface area (Å²) in [5, 5.41) is 8.66. The number of rotatable bonds is 4. The van der Waals surface area contributed by atoms with Crippen LogP contribution in [-0.4, -0.2) is 24.3 Å². The van der Waals surface area contributed by atoms with E-state index in [1.165, 1.54) is 0 Å². The Morgan fingerprint density at radius 3 is 2.64 bits per heavy atom. The van der Waals surface area contributed by atoms with E-state index in [1.807, 2.05) is 6.07 Å². The molecule has 1 unspecified atom stereocenters. The Labute approximate surface area is 83.3 Å². The van der Waals surface area contributed by atoms with E-state index in [4.69, 9.17) is 9.84 Å². The molecule has 0 saturated heterocycles. The van der Waals surface area contributed by atoms with Gasteiger partial charge in [-0.1, -0.05) is 18.2 Å². The predicted octanol–water partition coefficient (Wildman–Crippen LogP) is 1.29. The summed E-state index contributed by atoms with van der Waals surface area (Å²) in [6.45, 7) is 3.66. The zero-order valence-electron chi connectivity index (χ0n) is 7.85. The van der Waals surface area contributed by atoms with Gasteiger partial charge in [-0.05, 0) is 19.1 Å². The first-order chi connectivity index (χ1) is 6.74. The molecule has 0 bridgehead atoms. The third kappa shape index (κ3) is 3.18. The molecule has 1 aromatic rings. The molecule has 1 radical (unpaired) electrons. The predicted molar refractivity (Wildman–Crippen MR) is 52.7 cm³/mol. The second-order valence-corrected chi connectivity index (χ2v) is 3.01. The van der Waals surface area contributed by atoms with Gasteiger partial charge in [0.05, 0.1) is 12.2 Å². The molecular weight excluding hydrogens is 180 g/mol. The molecule has 1 N–H and O–H groups in total. The van der Waals surface area contributed by atoms with E-state index in [0.717, 1.165) is 0 Å². The summed E-state index contributed by atoms with van der Waals surface area (Å²) >= 11 is 0. The Kier molecular flexibility index (Phi) is 4.13. The molecule has 75 valence electrons. The molecule has 0 spiro atoms. The molecule has 0 saturated carbocycles. The lowest BCUT2D eigenvalue weighted by Crippen LogP contribution is -2.14. The lowest BCUT2D eigenvalue weighted by Gasteiger charge is -2.08. The lowest BCUT2D eigenvalue weighted by atomic mass is 10.2. The molecule has 14 heavy (non-hydrogen) atoms. The van der Waals surface area contributed by atoms with E-state index in [1.54, 1.807) is 24.3 Å². The normalized spacial score (nSPS) is 12.1. The van der Waals surface area contributed by atoms with Crippen LogP contribution in [0.2, 0.25) is 0 Å². The van der Waals surface area contributed by atoms with Gasteiger partial charge in [-0.3, -0.25) is 0 Å². The fraction of sp³-hybridized carbons (Fsp3) is 0.273. The Hall–Kier alpha value is -1.35. The Balaban J connectivity index is 2.44. The van der Waals surface area contributed by atoms with Crippen LogP contribution in [0.4, 0.5) is 0 Å². The summed E-state index contributed by atoms with van der Waals surface area (Å²) in [6, 6.07) is 8.72. The van der Waals surface area contributed by atoms with Crippen molar-refractivity contribution in [2.45, 2.75) is 0 Å². The number of carbonyl (C=O) groups excluding carboxylic acids is 1. The van der Waals surface area contributed by atoms with Gasteiger partial charge in [0.25, 0.3) is 0 Å². The number of carbonyl (C=O) groups is 1. The highest BCUT2D eigenvalue weighted by Crippen LogP contribution is 2.02. The third-order valence-corrected chi connectivity index (χ3v) is 1.72. The fourth-order valence-electron chi connectivity index (χ4n) is 0.904. The van der Waals surface area contributed by atoms with Gasteiger partial charge < -0.3 is 9.84 Å². The van der Waals surface area contributed by atoms with Crippen molar-refractivity contribution in [3.8, 4) is 0 Å². The van der Waals surface area contributed by atoms with E-state index in [0.29, 0.717) is 5.56 Å². The maximum absolute atomic E-state index is 11.3. The first-order valence-electron chi connectivity index (χ1n) is 4.40. The van der Waals surface area contributed by atoms with Gasteiger partial charge in [-0.15, -0.1) is 0 Å². The molecule has 1 atom stereocenters. The molecule has 0 aliphatic carbocycles. The number of aliphatic hydroxyl groups excluding tert-OH is 1. The van der Waals surface area contributed by atoms with Crippen LogP contribution in [0.3, 0.4) is 0 Å². The number of hydrogen-bond donors (Lipinski definition) is 1. The second kappa shape index (κ2) is 5.40. The van der Waals surface area contributed by atoms with Crippen molar-refractivity contribution in [3.63, 3.8) is 0 Å². The Bertz CT molecular complexity index is 282. The zero-order valence-corrected chi connectivity index (χ0v) is 7.85. The van der Waals surface area contributed by atoms with Crippen molar-refractivity contribution in [1.29, 1.82) is 0 Å². The van der Waals surface area contributed by atoms with E-state index in [9.17, 15) is 4.79 Å². The van der Waals surface area contributed by atoms with E-state index >= 15 is 0 Å². The molecule has 3 nitrogen and oxygen atoms in total. The highest BCUT2D eigenvalue weighted by molar-refractivity contribution is 5.89. The number of aliphatic hydroxyl groups is 1. The second-order valence-electron chi connectivity index (χ2n) is 3.01. The highest BCUT2D eigenvalue weighted by atomic mass is 16.5. The summed E-state index contributed by atoms with van der Waals surface area (Å²) in [6.07, 6.45) is 0. The summed E-state index contributed by atoms with van der Waals surface area (Å²) in [4.78, 5) is 11.3. The molecule has 3 heteroatoms. The molecule has 0 aliphatic heterocycles. The van der Waals surface area contributed by atoms with Crippen molar-refractivity contribution >= 4 is 5.97 Å². The molecule has 0 amide bonds. The van der Waals surface area contributed by atoms with Crippen LogP contribution in [0, 0.1) is 12.8 Å². The van der Waals surface area contributed by atoms with E-state index in [-0.39, 0.29) is 25.1 Å². The van der Waals surface area contributed by atoms with Crippen molar-refractivity contribution < 1.29 is 14.6 Å². The molecule has 1 rings (SSSR count). The maximum atomic E-state index is 11.3. The summed E-state index contributed by atoms with van der Waals surface area (Å²) in [5.74, 6) is -0.643. The van der Waals surface area contributed by atoms with Gasteiger partial charge in [0, 0.05) is 12.5 Å². The maximum Gasteiger partial charge on any atom is 0.338 e. The van der Waals surface area contributed by atoms with Gasteiger partial charge in [0.1, 0.15) is 0 Å². The quantitative estimate of drug-likeness (QED) is 0.733. The van der Waals surface area contributed by atoms with Crippen LogP contribution in [0.1, 0.15) is 10.4 Å². The highest BCUT2D eigenvalue weighted by Gasteiger charge is 2.08. The lowest BCUT2D eigenvalue weighted by molar-refractivity contribution is 0.0427. The first kappa shape index (κ1) is 10.7. The number of ether oxygens (including phenoxy) is 1. The standard InChI is InChI=1S/C11H13O3/c1-9(7-12)8-14-11(13)10-5-3-2-4-6-10/h2-6,9,12H,1,7-8H2. The van der Waals surface area contributed by atoms with Crippen molar-refractivity contribution in [2.24, 2.45) is 5.92 Å². The minimum atomic E-state index is -0.382. The van der Waals surface area contributed by atoms with Crippen LogP contribution in [0.25, 0.3) is 0 Å². The molecule has 0 heterocycles. The van der Waals surface area contributed by atoms with Gasteiger partial charge in [0.2, 0.25) is 0 Å². The molecule has 1 aromatic carbocycles. The van der Waals surface area contributed by atoms with Gasteiger partial charge in [0.15, 0.2) is 0 Å². The Morgan fingerprint density at radius 2 is 2.07 bits per heavy atom. The topological polar surface area (TPSA) is 46.5 Å². The van der Waals surface area contributed by atoms with Crippen molar-refractivity contribution in [3.05, 3.63) is 42.8 Å². The fourth-order valence-corrected chi connectivity index (χ4v) is 0.904. The smallest absolute Gasteiger partial charge is 0.338 e. The number of hydrogen-bond acceptors (Lipinski definition) is 3. The third-order valence-electron chi connectivity index (χ3n) is 1.72. The van der Waals surface area contributed by atoms with Gasteiger partial charge in [-0.2, -0.15) is 0 Å². The average Bonchev–Trinajstić information content (AvgIpc) is 2.26. The average molecular weight is 193 g/mol. The van der Waals surface area contributed by atoms with E-state index < -0.39 is 0 Å². The van der Waals surface area contributed by atoms with Crippen LogP contribution < -0.4 is 0 Å². The summed E-state index contributed by atoms with van der Waals surface area (Å²) in [7, 11) is 0. The number of esters is 1. The van der Waals surface area contributed by atoms with Gasteiger partial charge >= 0.3 is 5.97 Å². The molecule has 0 fully saturated rings. The summed E-state index contributed by atoms with van der Waals surface area (Å²) in [5.41, 5.74) is 0.512. The molecule has 0 aliphatic rings. The largest absolute Gasteiger partial charge is 0.462 e.